The first kappa shape index (κ1) is 19.7. The molecule has 0 aliphatic carbocycles. The number of ether oxygens (including phenoxy) is 1. The van der Waals surface area contributed by atoms with Crippen LogP contribution in [0, 0.1) is 0 Å². The third-order valence-corrected chi connectivity index (χ3v) is 4.49. The van der Waals surface area contributed by atoms with Crippen LogP contribution in [0.15, 0.2) is 17.6 Å². The molecular weight excluding hydrogens is 391 g/mol. The van der Waals surface area contributed by atoms with Crippen LogP contribution in [-0.4, -0.2) is 62.3 Å². The van der Waals surface area contributed by atoms with Crippen molar-refractivity contribution in [2.45, 2.75) is 38.1 Å². The Balaban J connectivity index is 0.00000242. The van der Waals surface area contributed by atoms with Gasteiger partial charge in [0, 0.05) is 31.8 Å². The van der Waals surface area contributed by atoms with Crippen molar-refractivity contribution in [3.8, 4) is 0 Å². The van der Waals surface area contributed by atoms with Crippen LogP contribution in [0.3, 0.4) is 0 Å². The summed E-state index contributed by atoms with van der Waals surface area (Å²) in [4.78, 5) is 7.49. The Morgan fingerprint density at radius 2 is 1.95 bits per heavy atom. The van der Waals surface area contributed by atoms with Gasteiger partial charge in [-0.2, -0.15) is 0 Å². The molecule has 0 unspecified atom stereocenters. The summed E-state index contributed by atoms with van der Waals surface area (Å²) in [5.74, 6) is 0.891. The number of hydrogen-bond acceptors (Lipinski definition) is 3. The predicted octanol–water partition coefficient (Wildman–Crippen LogP) is 1.99. The Morgan fingerprint density at radius 3 is 2.55 bits per heavy atom. The van der Waals surface area contributed by atoms with Gasteiger partial charge in [0.25, 0.3) is 0 Å². The van der Waals surface area contributed by atoms with E-state index in [-0.39, 0.29) is 29.5 Å². The van der Waals surface area contributed by atoms with Gasteiger partial charge in [0.15, 0.2) is 5.96 Å². The SMILES string of the molecule is C=CCNC(=NCC1(N2CCCC2)CCOCC1)NCC.I. The van der Waals surface area contributed by atoms with Crippen LogP contribution in [0.4, 0.5) is 0 Å². The van der Waals surface area contributed by atoms with Gasteiger partial charge in [-0.05, 0) is 45.7 Å². The highest BCUT2D eigenvalue weighted by atomic mass is 127. The van der Waals surface area contributed by atoms with Crippen LogP contribution in [-0.2, 0) is 4.74 Å². The Labute approximate surface area is 152 Å². The Morgan fingerprint density at radius 1 is 1.27 bits per heavy atom. The van der Waals surface area contributed by atoms with Crippen molar-refractivity contribution in [3.63, 3.8) is 0 Å². The second-order valence-electron chi connectivity index (χ2n) is 5.90. The molecule has 0 amide bonds. The minimum absolute atomic E-state index is 0. The molecule has 2 heterocycles. The van der Waals surface area contributed by atoms with Gasteiger partial charge in [0.05, 0.1) is 6.54 Å². The van der Waals surface area contributed by atoms with Gasteiger partial charge in [0.1, 0.15) is 0 Å². The second kappa shape index (κ2) is 10.4. The molecule has 0 spiro atoms. The molecule has 0 aromatic carbocycles. The smallest absolute Gasteiger partial charge is 0.191 e. The average Bonchev–Trinajstić information content (AvgIpc) is 3.06. The molecule has 0 aromatic heterocycles. The summed E-state index contributed by atoms with van der Waals surface area (Å²) >= 11 is 0. The maximum Gasteiger partial charge on any atom is 0.191 e. The number of nitrogens with one attached hydrogen (secondary N) is 2. The van der Waals surface area contributed by atoms with E-state index in [2.05, 4.69) is 29.0 Å². The Hall–Kier alpha value is -0.340. The number of likely N-dealkylation sites (tertiary alicyclic amines) is 1. The van der Waals surface area contributed by atoms with Crippen molar-refractivity contribution in [2.24, 2.45) is 4.99 Å². The predicted molar refractivity (Wildman–Crippen MR) is 103 cm³/mol. The summed E-state index contributed by atoms with van der Waals surface area (Å²) in [6, 6.07) is 0. The molecule has 2 aliphatic rings. The highest BCUT2D eigenvalue weighted by Crippen LogP contribution is 2.31. The summed E-state index contributed by atoms with van der Waals surface area (Å²) in [6.45, 7) is 12.5. The quantitative estimate of drug-likeness (QED) is 0.298. The summed E-state index contributed by atoms with van der Waals surface area (Å²) in [6.07, 6.45) is 6.69. The van der Waals surface area contributed by atoms with E-state index in [1.54, 1.807) is 0 Å². The molecule has 5 nitrogen and oxygen atoms in total. The first-order valence-electron chi connectivity index (χ1n) is 8.26. The van der Waals surface area contributed by atoms with Crippen LogP contribution in [0.5, 0.6) is 0 Å². The van der Waals surface area contributed by atoms with Crippen LogP contribution < -0.4 is 10.6 Å². The highest BCUT2D eigenvalue weighted by Gasteiger charge is 2.39. The van der Waals surface area contributed by atoms with Crippen LogP contribution in [0.1, 0.15) is 32.6 Å². The summed E-state index contributed by atoms with van der Waals surface area (Å²) in [5.41, 5.74) is 0.200. The molecule has 2 N–H and O–H groups in total. The van der Waals surface area contributed by atoms with E-state index in [0.29, 0.717) is 0 Å². The van der Waals surface area contributed by atoms with E-state index in [9.17, 15) is 0 Å². The van der Waals surface area contributed by atoms with Crippen molar-refractivity contribution in [1.82, 2.24) is 15.5 Å². The molecule has 2 saturated heterocycles. The molecule has 0 aromatic rings. The minimum Gasteiger partial charge on any atom is -0.381 e. The van der Waals surface area contributed by atoms with Gasteiger partial charge in [-0.15, -0.1) is 30.6 Å². The van der Waals surface area contributed by atoms with Gasteiger partial charge in [-0.25, -0.2) is 0 Å². The third-order valence-electron chi connectivity index (χ3n) is 4.49. The lowest BCUT2D eigenvalue weighted by molar-refractivity contribution is -0.0139. The maximum absolute atomic E-state index is 5.58. The number of halogens is 1. The Kier molecular flexibility index (Phi) is 9.35. The van der Waals surface area contributed by atoms with Gasteiger partial charge in [0.2, 0.25) is 0 Å². The van der Waals surface area contributed by atoms with E-state index in [1.165, 1.54) is 25.9 Å². The highest BCUT2D eigenvalue weighted by molar-refractivity contribution is 14.0. The van der Waals surface area contributed by atoms with E-state index in [0.717, 1.165) is 51.6 Å². The molecule has 2 aliphatic heterocycles. The van der Waals surface area contributed by atoms with Crippen molar-refractivity contribution < 1.29 is 4.74 Å². The fourth-order valence-corrected chi connectivity index (χ4v) is 3.25. The normalized spacial score (nSPS) is 22.0. The second-order valence-corrected chi connectivity index (χ2v) is 5.90. The summed E-state index contributed by atoms with van der Waals surface area (Å²) in [7, 11) is 0. The fraction of sp³-hybridized carbons (Fsp3) is 0.812. The van der Waals surface area contributed by atoms with Gasteiger partial charge >= 0.3 is 0 Å². The summed E-state index contributed by atoms with van der Waals surface area (Å²) in [5, 5.41) is 6.59. The lowest BCUT2D eigenvalue weighted by atomic mass is 9.88. The first-order valence-corrected chi connectivity index (χ1v) is 8.26. The molecule has 2 rings (SSSR count). The fourth-order valence-electron chi connectivity index (χ4n) is 3.25. The standard InChI is InChI=1S/C16H30N4O.HI/c1-3-9-18-15(17-4-2)19-14-16(7-12-21-13-8-16)20-10-5-6-11-20;/h3H,1,4-14H2,2H3,(H2,17,18,19);1H. The first-order chi connectivity index (χ1) is 10.3. The van der Waals surface area contributed by atoms with E-state index in [1.807, 2.05) is 6.08 Å². The van der Waals surface area contributed by atoms with E-state index < -0.39 is 0 Å². The number of guanidine groups is 1. The van der Waals surface area contributed by atoms with Crippen molar-refractivity contribution in [1.29, 1.82) is 0 Å². The molecule has 0 bridgehead atoms. The average molecular weight is 422 g/mol. The molecule has 0 atom stereocenters. The zero-order chi connectivity index (χ0) is 15.0. The largest absolute Gasteiger partial charge is 0.381 e. The third kappa shape index (κ3) is 5.38. The van der Waals surface area contributed by atoms with E-state index in [4.69, 9.17) is 9.73 Å². The Bertz CT molecular complexity index is 350. The van der Waals surface area contributed by atoms with Gasteiger partial charge in [-0.3, -0.25) is 9.89 Å². The lowest BCUT2D eigenvalue weighted by Gasteiger charge is -2.43. The monoisotopic (exact) mass is 422 g/mol. The molecule has 22 heavy (non-hydrogen) atoms. The lowest BCUT2D eigenvalue weighted by Crippen LogP contribution is -2.54. The number of aliphatic imine (C=N–C) groups is 1. The number of rotatable bonds is 6. The molecule has 6 heteroatoms. The minimum atomic E-state index is 0. The zero-order valence-electron chi connectivity index (χ0n) is 13.8. The van der Waals surface area contributed by atoms with Crippen molar-refractivity contribution in [2.75, 3.05) is 45.9 Å². The van der Waals surface area contributed by atoms with Crippen LogP contribution >= 0.6 is 24.0 Å². The number of hydrogen-bond donors (Lipinski definition) is 2. The molecule has 0 radical (unpaired) electrons. The van der Waals surface area contributed by atoms with Crippen LogP contribution in [0.2, 0.25) is 0 Å². The summed E-state index contributed by atoms with van der Waals surface area (Å²) < 4.78 is 5.58. The zero-order valence-corrected chi connectivity index (χ0v) is 16.1. The topological polar surface area (TPSA) is 48.9 Å². The maximum atomic E-state index is 5.58. The van der Waals surface area contributed by atoms with Crippen molar-refractivity contribution in [3.05, 3.63) is 12.7 Å². The number of nitrogens with zero attached hydrogens (tertiary/aromatic N) is 2. The van der Waals surface area contributed by atoms with E-state index >= 15 is 0 Å². The molecule has 2 fully saturated rings. The molecule has 0 saturated carbocycles. The molecule has 128 valence electrons. The molecular formula is C16H31IN4O. The van der Waals surface area contributed by atoms with Gasteiger partial charge in [-0.1, -0.05) is 6.08 Å². The van der Waals surface area contributed by atoms with Crippen molar-refractivity contribution >= 4 is 29.9 Å². The van der Waals surface area contributed by atoms with Gasteiger partial charge < -0.3 is 15.4 Å². The van der Waals surface area contributed by atoms with Crippen LogP contribution in [0.25, 0.3) is 0 Å².